The molecule has 0 unspecified atom stereocenters. The fraction of sp³-hybridized carbons (Fsp3) is 0.533. The lowest BCUT2D eigenvalue weighted by Crippen LogP contribution is -2.15. The van der Waals surface area contributed by atoms with E-state index < -0.39 is 0 Å². The van der Waals surface area contributed by atoms with Crippen LogP contribution in [0.3, 0.4) is 0 Å². The summed E-state index contributed by atoms with van der Waals surface area (Å²) < 4.78 is 5.47. The Morgan fingerprint density at radius 3 is 2.56 bits per heavy atom. The van der Waals surface area contributed by atoms with E-state index in [0.717, 1.165) is 32.5 Å². The molecule has 1 aromatic carbocycles. The summed E-state index contributed by atoms with van der Waals surface area (Å²) >= 11 is 0. The normalized spacial score (nSPS) is 10.6. The first kappa shape index (κ1) is 14.7. The van der Waals surface area contributed by atoms with Crippen LogP contribution in [0.1, 0.15) is 37.8 Å². The van der Waals surface area contributed by atoms with Gasteiger partial charge in [0, 0.05) is 13.2 Å². The van der Waals surface area contributed by atoms with Crippen LogP contribution in [0.4, 0.5) is 0 Å². The molecule has 0 aliphatic heterocycles. The van der Waals surface area contributed by atoms with Gasteiger partial charge in [0.15, 0.2) is 0 Å². The third-order valence-corrected chi connectivity index (χ3v) is 2.61. The van der Waals surface area contributed by atoms with Crippen molar-refractivity contribution < 1.29 is 4.74 Å². The molecule has 0 aliphatic rings. The maximum absolute atomic E-state index is 8.69. The standard InChI is InChI=1S/C15H22N2O/c1-13(2)18-10-4-3-9-17-12-15-7-5-14(11-16)6-8-15/h5-8,13,17H,3-4,9-10,12H2,1-2H3. The zero-order valence-corrected chi connectivity index (χ0v) is 11.3. The Hall–Kier alpha value is -1.37. The van der Waals surface area contributed by atoms with E-state index in [9.17, 15) is 0 Å². The number of nitriles is 1. The zero-order chi connectivity index (χ0) is 13.2. The van der Waals surface area contributed by atoms with Gasteiger partial charge in [-0.05, 0) is 50.9 Å². The Morgan fingerprint density at radius 2 is 1.94 bits per heavy atom. The van der Waals surface area contributed by atoms with Crippen molar-refractivity contribution >= 4 is 0 Å². The second-order valence-corrected chi connectivity index (χ2v) is 4.61. The summed E-state index contributed by atoms with van der Waals surface area (Å²) in [6.07, 6.45) is 2.55. The van der Waals surface area contributed by atoms with Crippen molar-refractivity contribution in [2.75, 3.05) is 13.2 Å². The lowest BCUT2D eigenvalue weighted by Gasteiger charge is -2.08. The first-order valence-corrected chi connectivity index (χ1v) is 6.53. The zero-order valence-electron chi connectivity index (χ0n) is 11.3. The van der Waals surface area contributed by atoms with Gasteiger partial charge in [0.05, 0.1) is 17.7 Å². The number of nitrogens with zero attached hydrogens (tertiary/aromatic N) is 1. The molecule has 18 heavy (non-hydrogen) atoms. The van der Waals surface area contributed by atoms with E-state index in [-0.39, 0.29) is 0 Å². The smallest absolute Gasteiger partial charge is 0.0991 e. The second kappa shape index (κ2) is 8.68. The molecule has 98 valence electrons. The SMILES string of the molecule is CC(C)OCCCCNCc1ccc(C#N)cc1. The Balaban J connectivity index is 2.05. The topological polar surface area (TPSA) is 45.0 Å². The third kappa shape index (κ3) is 6.39. The molecule has 0 aliphatic carbocycles. The Kier molecular flexibility index (Phi) is 7.09. The van der Waals surface area contributed by atoms with E-state index in [1.165, 1.54) is 5.56 Å². The van der Waals surface area contributed by atoms with E-state index in [1.54, 1.807) is 0 Å². The summed E-state index contributed by atoms with van der Waals surface area (Å²) in [5.74, 6) is 0. The van der Waals surface area contributed by atoms with E-state index >= 15 is 0 Å². The Morgan fingerprint density at radius 1 is 1.22 bits per heavy atom. The summed E-state index contributed by atoms with van der Waals surface area (Å²) in [6, 6.07) is 9.82. The number of unbranched alkanes of at least 4 members (excludes halogenated alkanes) is 1. The largest absolute Gasteiger partial charge is 0.379 e. The highest BCUT2D eigenvalue weighted by Gasteiger charge is 1.95. The molecule has 1 aromatic rings. The second-order valence-electron chi connectivity index (χ2n) is 4.61. The molecule has 1 N–H and O–H groups in total. The molecule has 0 bridgehead atoms. The number of ether oxygens (including phenoxy) is 1. The first-order valence-electron chi connectivity index (χ1n) is 6.53. The van der Waals surface area contributed by atoms with Gasteiger partial charge < -0.3 is 10.1 Å². The van der Waals surface area contributed by atoms with Crippen molar-refractivity contribution in [2.45, 2.75) is 39.3 Å². The van der Waals surface area contributed by atoms with Crippen LogP contribution in [-0.2, 0) is 11.3 Å². The molecule has 0 atom stereocenters. The molecule has 0 radical (unpaired) electrons. The van der Waals surface area contributed by atoms with Crippen molar-refractivity contribution in [2.24, 2.45) is 0 Å². The maximum Gasteiger partial charge on any atom is 0.0991 e. The molecule has 3 nitrogen and oxygen atoms in total. The Labute approximate surface area is 110 Å². The van der Waals surface area contributed by atoms with Gasteiger partial charge in [-0.2, -0.15) is 5.26 Å². The van der Waals surface area contributed by atoms with Crippen LogP contribution in [0, 0.1) is 11.3 Å². The summed E-state index contributed by atoms with van der Waals surface area (Å²) in [5, 5.41) is 12.1. The predicted octanol–water partition coefficient (Wildman–Crippen LogP) is 2.85. The molecule has 0 amide bonds. The Bertz CT molecular complexity index is 365. The van der Waals surface area contributed by atoms with Crippen LogP contribution < -0.4 is 5.32 Å². The lowest BCUT2D eigenvalue weighted by molar-refractivity contribution is 0.0760. The molecular formula is C15H22N2O. The van der Waals surface area contributed by atoms with Crippen LogP contribution in [0.5, 0.6) is 0 Å². The van der Waals surface area contributed by atoms with Gasteiger partial charge >= 0.3 is 0 Å². The fourth-order valence-corrected chi connectivity index (χ4v) is 1.60. The summed E-state index contributed by atoms with van der Waals surface area (Å²) in [4.78, 5) is 0. The highest BCUT2D eigenvalue weighted by atomic mass is 16.5. The minimum atomic E-state index is 0.330. The quantitative estimate of drug-likeness (QED) is 0.717. The van der Waals surface area contributed by atoms with Crippen molar-refractivity contribution in [1.82, 2.24) is 5.32 Å². The number of hydrogen-bond donors (Lipinski definition) is 1. The number of benzene rings is 1. The molecule has 0 spiro atoms. The van der Waals surface area contributed by atoms with Crippen LogP contribution in [0.2, 0.25) is 0 Å². The summed E-state index contributed by atoms with van der Waals surface area (Å²) in [5.41, 5.74) is 1.93. The van der Waals surface area contributed by atoms with Gasteiger partial charge in [0.2, 0.25) is 0 Å². The fourth-order valence-electron chi connectivity index (χ4n) is 1.60. The minimum absolute atomic E-state index is 0.330. The van der Waals surface area contributed by atoms with Crippen molar-refractivity contribution in [3.8, 4) is 6.07 Å². The van der Waals surface area contributed by atoms with Crippen LogP contribution >= 0.6 is 0 Å². The van der Waals surface area contributed by atoms with Gasteiger partial charge in [0.25, 0.3) is 0 Å². The molecule has 0 saturated carbocycles. The lowest BCUT2D eigenvalue weighted by atomic mass is 10.1. The highest BCUT2D eigenvalue weighted by Crippen LogP contribution is 2.02. The van der Waals surface area contributed by atoms with Crippen LogP contribution in [0.25, 0.3) is 0 Å². The van der Waals surface area contributed by atoms with E-state index in [4.69, 9.17) is 10.00 Å². The molecule has 0 saturated heterocycles. The highest BCUT2D eigenvalue weighted by molar-refractivity contribution is 5.31. The monoisotopic (exact) mass is 246 g/mol. The van der Waals surface area contributed by atoms with E-state index in [1.807, 2.05) is 24.3 Å². The van der Waals surface area contributed by atoms with Crippen molar-refractivity contribution in [3.05, 3.63) is 35.4 Å². The summed E-state index contributed by atoms with van der Waals surface area (Å²) in [7, 11) is 0. The minimum Gasteiger partial charge on any atom is -0.379 e. The van der Waals surface area contributed by atoms with Gasteiger partial charge in [0.1, 0.15) is 0 Å². The van der Waals surface area contributed by atoms with Crippen LogP contribution in [-0.4, -0.2) is 19.3 Å². The van der Waals surface area contributed by atoms with Crippen molar-refractivity contribution in [1.29, 1.82) is 5.26 Å². The maximum atomic E-state index is 8.69. The molecule has 1 rings (SSSR count). The predicted molar refractivity (Wildman–Crippen MR) is 73.2 cm³/mol. The van der Waals surface area contributed by atoms with Gasteiger partial charge in [-0.15, -0.1) is 0 Å². The number of nitrogens with one attached hydrogen (secondary N) is 1. The average molecular weight is 246 g/mol. The number of rotatable bonds is 8. The van der Waals surface area contributed by atoms with Crippen molar-refractivity contribution in [3.63, 3.8) is 0 Å². The number of hydrogen-bond acceptors (Lipinski definition) is 3. The van der Waals surface area contributed by atoms with E-state index in [0.29, 0.717) is 11.7 Å². The third-order valence-electron chi connectivity index (χ3n) is 2.61. The summed E-state index contributed by atoms with van der Waals surface area (Å²) in [6.45, 7) is 6.82. The molecule has 3 heteroatoms. The van der Waals surface area contributed by atoms with E-state index in [2.05, 4.69) is 25.2 Å². The molecule has 0 fully saturated rings. The first-order chi connectivity index (χ1) is 8.72. The van der Waals surface area contributed by atoms with Gasteiger partial charge in [-0.1, -0.05) is 12.1 Å². The van der Waals surface area contributed by atoms with Gasteiger partial charge in [-0.3, -0.25) is 0 Å². The molecule has 0 aromatic heterocycles. The molecular weight excluding hydrogens is 224 g/mol. The van der Waals surface area contributed by atoms with Gasteiger partial charge in [-0.25, -0.2) is 0 Å². The molecule has 0 heterocycles. The van der Waals surface area contributed by atoms with Crippen LogP contribution in [0.15, 0.2) is 24.3 Å². The average Bonchev–Trinajstić information content (AvgIpc) is 2.38.